The molecule has 0 saturated carbocycles. The maximum Gasteiger partial charge on any atom is 0.244 e. The van der Waals surface area contributed by atoms with Crippen LogP contribution in [0.1, 0.15) is 12.5 Å². The van der Waals surface area contributed by atoms with E-state index in [1.54, 1.807) is 20.2 Å². The van der Waals surface area contributed by atoms with Gasteiger partial charge < -0.3 is 4.90 Å². The van der Waals surface area contributed by atoms with Gasteiger partial charge in [0, 0.05) is 27.2 Å². The van der Waals surface area contributed by atoms with Gasteiger partial charge in [-0.05, 0) is 25.0 Å². The Labute approximate surface area is 103 Å². The molecular weight excluding hydrogens is 236 g/mol. The summed E-state index contributed by atoms with van der Waals surface area (Å²) in [6.07, 6.45) is 0.931. The second-order valence-corrected chi connectivity index (χ2v) is 6.50. The molecule has 0 spiro atoms. The van der Waals surface area contributed by atoms with E-state index < -0.39 is 10.0 Å². The number of hydrogen-bond acceptors (Lipinski definition) is 3. The van der Waals surface area contributed by atoms with E-state index in [2.05, 4.69) is 4.90 Å². The van der Waals surface area contributed by atoms with Crippen LogP contribution in [0.4, 0.5) is 5.69 Å². The molecule has 0 saturated heterocycles. The Kier molecular flexibility index (Phi) is 3.14. The Hall–Kier alpha value is -1.07. The number of benzene rings is 1. The van der Waals surface area contributed by atoms with Crippen molar-refractivity contribution in [3.8, 4) is 0 Å². The van der Waals surface area contributed by atoms with E-state index in [0.717, 1.165) is 30.8 Å². The zero-order valence-corrected chi connectivity index (χ0v) is 11.3. The molecule has 17 heavy (non-hydrogen) atoms. The number of para-hydroxylation sites is 1. The number of hydrogen-bond donors (Lipinski definition) is 0. The summed E-state index contributed by atoms with van der Waals surface area (Å²) in [5, 5.41) is 0. The maximum absolute atomic E-state index is 12.3. The molecule has 5 heteroatoms. The van der Waals surface area contributed by atoms with E-state index in [1.165, 1.54) is 4.31 Å². The summed E-state index contributed by atoms with van der Waals surface area (Å²) in [5.74, 6) is 0. The van der Waals surface area contributed by atoms with Crippen molar-refractivity contribution in [3.05, 3.63) is 23.8 Å². The van der Waals surface area contributed by atoms with Crippen LogP contribution in [0.25, 0.3) is 0 Å². The molecule has 0 unspecified atom stereocenters. The minimum absolute atomic E-state index is 0.430. The van der Waals surface area contributed by atoms with Crippen LogP contribution in [0.15, 0.2) is 23.1 Å². The van der Waals surface area contributed by atoms with Gasteiger partial charge in [0.25, 0.3) is 0 Å². The topological polar surface area (TPSA) is 40.6 Å². The highest BCUT2D eigenvalue weighted by molar-refractivity contribution is 7.89. The molecule has 94 valence electrons. The van der Waals surface area contributed by atoms with Gasteiger partial charge in [-0.1, -0.05) is 12.1 Å². The normalized spacial score (nSPS) is 15.4. The van der Waals surface area contributed by atoms with Gasteiger partial charge in [-0.3, -0.25) is 0 Å². The van der Waals surface area contributed by atoms with Gasteiger partial charge in [-0.15, -0.1) is 0 Å². The van der Waals surface area contributed by atoms with E-state index in [9.17, 15) is 8.42 Å². The standard InChI is InChI=1S/C12H18N2O2S/c1-4-14-9-8-10-6-5-7-11(12(10)14)17(15,16)13(2)3/h5-7H,4,8-9H2,1-3H3. The number of sulfonamides is 1. The Bertz CT molecular complexity index is 523. The zero-order valence-electron chi connectivity index (χ0n) is 10.5. The minimum atomic E-state index is -3.35. The van der Waals surface area contributed by atoms with E-state index in [0.29, 0.717) is 4.90 Å². The summed E-state index contributed by atoms with van der Waals surface area (Å²) in [7, 11) is -0.215. The quantitative estimate of drug-likeness (QED) is 0.817. The van der Waals surface area contributed by atoms with Crippen molar-refractivity contribution in [2.45, 2.75) is 18.2 Å². The molecule has 0 aliphatic carbocycles. The molecule has 0 aromatic heterocycles. The molecule has 2 rings (SSSR count). The van der Waals surface area contributed by atoms with Gasteiger partial charge in [0.05, 0.1) is 5.69 Å². The maximum atomic E-state index is 12.3. The van der Waals surface area contributed by atoms with Gasteiger partial charge in [0.15, 0.2) is 0 Å². The lowest BCUT2D eigenvalue weighted by atomic mass is 10.2. The van der Waals surface area contributed by atoms with Crippen LogP contribution in [-0.2, 0) is 16.4 Å². The summed E-state index contributed by atoms with van der Waals surface area (Å²) in [4.78, 5) is 2.56. The van der Waals surface area contributed by atoms with Gasteiger partial charge in [0.1, 0.15) is 4.90 Å². The van der Waals surface area contributed by atoms with Crippen LogP contribution >= 0.6 is 0 Å². The second kappa shape index (κ2) is 4.31. The Morgan fingerprint density at radius 2 is 2.06 bits per heavy atom. The van der Waals surface area contributed by atoms with Gasteiger partial charge in [0.2, 0.25) is 10.0 Å². The van der Waals surface area contributed by atoms with Crippen LogP contribution in [0, 0.1) is 0 Å². The van der Waals surface area contributed by atoms with Gasteiger partial charge in [-0.25, -0.2) is 12.7 Å². The zero-order chi connectivity index (χ0) is 12.6. The van der Waals surface area contributed by atoms with E-state index in [4.69, 9.17) is 0 Å². The van der Waals surface area contributed by atoms with E-state index in [1.807, 2.05) is 19.1 Å². The molecular formula is C12H18N2O2S. The fraction of sp³-hybridized carbons (Fsp3) is 0.500. The molecule has 0 radical (unpaired) electrons. The fourth-order valence-corrected chi connectivity index (χ4v) is 3.37. The molecule has 4 nitrogen and oxygen atoms in total. The smallest absolute Gasteiger partial charge is 0.244 e. The van der Waals surface area contributed by atoms with Crippen molar-refractivity contribution in [1.29, 1.82) is 0 Å². The first-order valence-corrected chi connectivity index (χ1v) is 7.22. The highest BCUT2D eigenvalue weighted by Gasteiger charge is 2.28. The molecule has 0 atom stereocenters. The van der Waals surface area contributed by atoms with Crippen LogP contribution < -0.4 is 4.90 Å². The molecule has 0 amide bonds. The number of nitrogens with zero attached hydrogens (tertiary/aromatic N) is 2. The van der Waals surface area contributed by atoms with Crippen molar-refractivity contribution < 1.29 is 8.42 Å². The number of rotatable bonds is 3. The summed E-state index contributed by atoms with van der Waals surface area (Å²) in [5.41, 5.74) is 2.03. The van der Waals surface area contributed by atoms with Crippen LogP contribution in [0.2, 0.25) is 0 Å². The number of likely N-dealkylation sites (N-methyl/N-ethyl adjacent to an activating group) is 1. The Morgan fingerprint density at radius 3 is 2.65 bits per heavy atom. The minimum Gasteiger partial charge on any atom is -0.370 e. The predicted molar refractivity (Wildman–Crippen MR) is 68.9 cm³/mol. The lowest BCUT2D eigenvalue weighted by Crippen LogP contribution is -2.26. The van der Waals surface area contributed by atoms with Gasteiger partial charge in [-0.2, -0.15) is 0 Å². The Morgan fingerprint density at radius 1 is 1.35 bits per heavy atom. The average Bonchev–Trinajstić information content (AvgIpc) is 2.71. The first-order valence-electron chi connectivity index (χ1n) is 5.78. The summed E-state index contributed by atoms with van der Waals surface area (Å²) >= 11 is 0. The van der Waals surface area contributed by atoms with E-state index in [-0.39, 0.29) is 0 Å². The van der Waals surface area contributed by atoms with E-state index >= 15 is 0 Å². The molecule has 0 fully saturated rings. The van der Waals surface area contributed by atoms with Crippen molar-refractivity contribution in [2.24, 2.45) is 0 Å². The van der Waals surface area contributed by atoms with Crippen LogP contribution in [0.5, 0.6) is 0 Å². The Balaban J connectivity index is 2.62. The third-order valence-corrected chi connectivity index (χ3v) is 5.04. The summed E-state index contributed by atoms with van der Waals surface area (Å²) < 4.78 is 25.8. The fourth-order valence-electron chi connectivity index (χ4n) is 2.22. The first kappa shape index (κ1) is 12.4. The predicted octanol–water partition coefficient (Wildman–Crippen LogP) is 1.32. The van der Waals surface area contributed by atoms with Crippen molar-refractivity contribution in [3.63, 3.8) is 0 Å². The second-order valence-electron chi connectivity index (χ2n) is 4.38. The van der Waals surface area contributed by atoms with Gasteiger partial charge >= 0.3 is 0 Å². The molecule has 1 aliphatic heterocycles. The molecule has 1 aliphatic rings. The van der Waals surface area contributed by atoms with Crippen LogP contribution in [-0.4, -0.2) is 39.9 Å². The first-order chi connectivity index (χ1) is 7.98. The lowest BCUT2D eigenvalue weighted by molar-refractivity contribution is 0.520. The highest BCUT2D eigenvalue weighted by Crippen LogP contribution is 2.35. The van der Waals surface area contributed by atoms with Crippen LogP contribution in [0.3, 0.4) is 0 Å². The molecule has 0 N–H and O–H groups in total. The third-order valence-electron chi connectivity index (χ3n) is 3.19. The third kappa shape index (κ3) is 1.93. The average molecular weight is 254 g/mol. The molecule has 1 heterocycles. The largest absolute Gasteiger partial charge is 0.370 e. The van der Waals surface area contributed by atoms with Crippen molar-refractivity contribution in [1.82, 2.24) is 4.31 Å². The monoisotopic (exact) mass is 254 g/mol. The van der Waals surface area contributed by atoms with Crippen molar-refractivity contribution >= 4 is 15.7 Å². The lowest BCUT2D eigenvalue weighted by Gasteiger charge is -2.21. The van der Waals surface area contributed by atoms with Crippen molar-refractivity contribution in [2.75, 3.05) is 32.1 Å². The molecule has 0 bridgehead atoms. The highest BCUT2D eigenvalue weighted by atomic mass is 32.2. The number of anilines is 1. The SMILES string of the molecule is CCN1CCc2cccc(S(=O)(=O)N(C)C)c21. The molecule has 1 aromatic rings. The number of fused-ring (bicyclic) bond motifs is 1. The summed E-state index contributed by atoms with van der Waals surface area (Å²) in [6.45, 7) is 3.80. The summed E-state index contributed by atoms with van der Waals surface area (Å²) in [6, 6.07) is 5.54. The molecule has 1 aromatic carbocycles.